The third-order valence-corrected chi connectivity index (χ3v) is 4.75. The fourth-order valence-corrected chi connectivity index (χ4v) is 3.06. The number of ether oxygens (including phenoxy) is 2. The number of anilines is 1. The summed E-state index contributed by atoms with van der Waals surface area (Å²) in [7, 11) is 3.42. The molecule has 3 rings (SSSR count). The molecule has 1 saturated heterocycles. The van der Waals surface area contributed by atoms with E-state index in [1.807, 2.05) is 62.4 Å². The van der Waals surface area contributed by atoms with Crippen molar-refractivity contribution < 1.29 is 52.1 Å². The average molecular weight is 443 g/mol. The van der Waals surface area contributed by atoms with Gasteiger partial charge in [-0.15, -0.1) is 0 Å². The molecule has 1 aliphatic rings. The van der Waals surface area contributed by atoms with Gasteiger partial charge in [-0.2, -0.15) is 7.11 Å². The Kier molecular flexibility index (Phi) is 7.58. The van der Waals surface area contributed by atoms with Crippen LogP contribution in [0, 0.1) is 7.11 Å². The fraction of sp³-hybridized carbons (Fsp3) is 0.333. The number of nitrogens with zero attached hydrogens (tertiary/aromatic N) is 1. The van der Waals surface area contributed by atoms with Gasteiger partial charge in [0.1, 0.15) is 12.8 Å². The van der Waals surface area contributed by atoms with Crippen LogP contribution in [0.4, 0.5) is 5.69 Å². The van der Waals surface area contributed by atoms with Crippen LogP contribution in [0.2, 0.25) is 0 Å². The van der Waals surface area contributed by atoms with E-state index in [9.17, 15) is 9.90 Å². The van der Waals surface area contributed by atoms with E-state index in [1.54, 1.807) is 4.90 Å². The number of aliphatic hydroxyl groups is 1. The molecule has 1 aliphatic heterocycles. The van der Waals surface area contributed by atoms with Crippen LogP contribution in [0.5, 0.6) is 5.75 Å². The summed E-state index contributed by atoms with van der Waals surface area (Å²) >= 11 is 0. The Morgan fingerprint density at radius 3 is 2.59 bits per heavy atom. The van der Waals surface area contributed by atoms with E-state index in [-0.39, 0.29) is 63.5 Å². The first-order chi connectivity index (χ1) is 12.4. The van der Waals surface area contributed by atoms with Gasteiger partial charge in [0.2, 0.25) is 0 Å². The molecule has 0 bridgehead atoms. The van der Waals surface area contributed by atoms with Crippen LogP contribution in [0.1, 0.15) is 25.0 Å². The van der Waals surface area contributed by atoms with Crippen LogP contribution in [0.15, 0.2) is 48.5 Å². The summed E-state index contributed by atoms with van der Waals surface area (Å²) < 4.78 is 10.7. The molecule has 0 aliphatic carbocycles. The topological polar surface area (TPSA) is 59.0 Å². The molecule has 1 unspecified atom stereocenters. The molecule has 2 aromatic carbocycles. The Labute approximate surface area is 185 Å². The van der Waals surface area contributed by atoms with Crippen molar-refractivity contribution in [2.75, 3.05) is 18.1 Å². The van der Waals surface area contributed by atoms with Crippen molar-refractivity contribution in [2.45, 2.75) is 31.9 Å². The number of hydrogen-bond acceptors (Lipinski definition) is 4. The zero-order valence-electron chi connectivity index (χ0n) is 15.7. The van der Waals surface area contributed by atoms with Gasteiger partial charge in [-0.05, 0) is 35.4 Å². The molecule has 1 amide bonds. The quantitative estimate of drug-likeness (QED) is 0.698. The van der Waals surface area contributed by atoms with Gasteiger partial charge in [0.25, 0.3) is 5.91 Å². The van der Waals surface area contributed by atoms with Gasteiger partial charge in [0.05, 0.1) is 12.4 Å². The Hall–Kier alpha value is -1.27. The first kappa shape index (κ1) is 22.0. The number of amides is 1. The predicted molar refractivity (Wildman–Crippen MR) is 99.9 cm³/mol. The van der Waals surface area contributed by atoms with Crippen LogP contribution < -0.4 is 9.64 Å². The summed E-state index contributed by atoms with van der Waals surface area (Å²) in [6.07, 6.45) is 0.201. The van der Waals surface area contributed by atoms with E-state index in [4.69, 9.17) is 9.47 Å². The Bertz CT molecular complexity index is 776. The summed E-state index contributed by atoms with van der Waals surface area (Å²) in [4.78, 5) is 14.1. The molecule has 6 heteroatoms. The maximum Gasteiger partial charge on any atom is 0.255 e. The average Bonchev–Trinajstić information content (AvgIpc) is 3.02. The molecule has 141 valence electrons. The summed E-state index contributed by atoms with van der Waals surface area (Å²) in [6.45, 7) is 4.09. The number of rotatable bonds is 6. The third-order valence-electron chi connectivity index (χ3n) is 4.75. The monoisotopic (exact) mass is 443 g/mol. The molecule has 1 radical (unpaired) electrons. The minimum absolute atomic E-state index is 0. The number of hydrogen-bond donors (Lipinski definition) is 1. The number of aliphatic hydroxyl groups excluding tert-OH is 1. The van der Waals surface area contributed by atoms with Crippen molar-refractivity contribution in [1.29, 1.82) is 0 Å². The van der Waals surface area contributed by atoms with Gasteiger partial charge in [0, 0.05) is 50.2 Å². The van der Waals surface area contributed by atoms with E-state index in [2.05, 4.69) is 7.11 Å². The van der Waals surface area contributed by atoms with E-state index in [0.29, 0.717) is 12.2 Å². The second-order valence-electron chi connectivity index (χ2n) is 7.11. The van der Waals surface area contributed by atoms with Crippen LogP contribution in [-0.4, -0.2) is 30.5 Å². The van der Waals surface area contributed by atoms with Gasteiger partial charge in [-0.25, -0.2) is 0 Å². The molecule has 0 spiro atoms. The second kappa shape index (κ2) is 9.29. The Balaban J connectivity index is 0.00000261. The summed E-state index contributed by atoms with van der Waals surface area (Å²) in [5.74, 6) is 0.614. The predicted octanol–water partition coefficient (Wildman–Crippen LogP) is 3.06. The molecule has 27 heavy (non-hydrogen) atoms. The van der Waals surface area contributed by atoms with Gasteiger partial charge in [-0.3, -0.25) is 9.69 Å². The molecule has 0 saturated carbocycles. The standard InChI is InChI=1S/C21H24NO4.Y/c1-21(2,14-23)16-7-9-17(10-8-16)22-19(24)13-26-20(22)12-15-5-4-6-18(11-15)25-3;/h4-11,20,23H,3,12-14H2,1-2H3;/q-1;. The molecular weight excluding hydrogens is 419 g/mol. The molecule has 1 N–H and O–H groups in total. The molecule has 0 aromatic heterocycles. The first-order valence-corrected chi connectivity index (χ1v) is 8.60. The van der Waals surface area contributed by atoms with Crippen LogP contribution in [0.25, 0.3) is 0 Å². The normalized spacial score (nSPS) is 17.0. The van der Waals surface area contributed by atoms with E-state index in [1.165, 1.54) is 0 Å². The maximum absolute atomic E-state index is 12.4. The molecule has 1 fully saturated rings. The maximum atomic E-state index is 12.4. The van der Waals surface area contributed by atoms with Crippen molar-refractivity contribution in [2.24, 2.45) is 0 Å². The van der Waals surface area contributed by atoms with Crippen molar-refractivity contribution in [3.8, 4) is 5.75 Å². The SMILES string of the molecule is [CH2-]Oc1cccc(CC2OCC(=O)N2c2ccc(C(C)(C)CO)cc2)c1.[Y]. The van der Waals surface area contributed by atoms with Gasteiger partial charge in [0.15, 0.2) is 0 Å². The zero-order valence-corrected chi connectivity index (χ0v) is 18.6. The van der Waals surface area contributed by atoms with Gasteiger partial charge in [-0.1, -0.05) is 38.1 Å². The van der Waals surface area contributed by atoms with Crippen molar-refractivity contribution in [3.05, 3.63) is 66.8 Å². The van der Waals surface area contributed by atoms with Gasteiger partial charge >= 0.3 is 0 Å². The van der Waals surface area contributed by atoms with Crippen molar-refractivity contribution >= 4 is 11.6 Å². The zero-order chi connectivity index (χ0) is 18.7. The Morgan fingerprint density at radius 2 is 1.96 bits per heavy atom. The Morgan fingerprint density at radius 1 is 1.26 bits per heavy atom. The fourth-order valence-electron chi connectivity index (χ4n) is 3.06. The summed E-state index contributed by atoms with van der Waals surface area (Å²) in [6, 6.07) is 15.3. The van der Waals surface area contributed by atoms with E-state index in [0.717, 1.165) is 16.8 Å². The minimum Gasteiger partial charge on any atom is -0.665 e. The smallest absolute Gasteiger partial charge is 0.255 e. The van der Waals surface area contributed by atoms with E-state index < -0.39 is 0 Å². The largest absolute Gasteiger partial charge is 0.665 e. The molecular formula is C21H24NO4Y-. The first-order valence-electron chi connectivity index (χ1n) is 8.60. The molecule has 5 nitrogen and oxygen atoms in total. The van der Waals surface area contributed by atoms with Gasteiger partial charge < -0.3 is 14.6 Å². The second-order valence-corrected chi connectivity index (χ2v) is 7.11. The molecule has 1 atom stereocenters. The number of benzene rings is 2. The van der Waals surface area contributed by atoms with Crippen LogP contribution in [-0.2, 0) is 54.1 Å². The molecule has 1 heterocycles. The summed E-state index contributed by atoms with van der Waals surface area (Å²) in [5, 5.41) is 9.52. The molecule has 2 aromatic rings. The number of carbonyl (C=O) groups is 1. The van der Waals surface area contributed by atoms with Crippen molar-refractivity contribution in [1.82, 2.24) is 0 Å². The third kappa shape index (κ3) is 4.97. The number of carbonyl (C=O) groups excluding carboxylic acids is 1. The van der Waals surface area contributed by atoms with Crippen molar-refractivity contribution in [3.63, 3.8) is 0 Å². The summed E-state index contributed by atoms with van der Waals surface area (Å²) in [5.41, 5.74) is 2.50. The van der Waals surface area contributed by atoms with E-state index >= 15 is 0 Å². The minimum atomic E-state index is -0.362. The van der Waals surface area contributed by atoms with Crippen LogP contribution in [0.3, 0.4) is 0 Å². The van der Waals surface area contributed by atoms with Crippen LogP contribution >= 0.6 is 0 Å².